The quantitative estimate of drug-likeness (QED) is 0.459. The lowest BCUT2D eigenvalue weighted by atomic mass is 9.82. The van der Waals surface area contributed by atoms with Crippen LogP contribution in [0.1, 0.15) is 32.3 Å². The van der Waals surface area contributed by atoms with Crippen molar-refractivity contribution in [3.63, 3.8) is 0 Å². The molecule has 0 amide bonds. The lowest BCUT2D eigenvalue weighted by molar-refractivity contribution is 0.0593. The van der Waals surface area contributed by atoms with E-state index in [9.17, 15) is 0 Å². The molecule has 114 valence electrons. The van der Waals surface area contributed by atoms with Crippen LogP contribution in [0.3, 0.4) is 0 Å². The summed E-state index contributed by atoms with van der Waals surface area (Å²) in [6.07, 6.45) is 4.22. The van der Waals surface area contributed by atoms with E-state index in [4.69, 9.17) is 4.43 Å². The summed E-state index contributed by atoms with van der Waals surface area (Å²) in [5.41, 5.74) is 3.62. The molecule has 0 spiro atoms. The summed E-state index contributed by atoms with van der Waals surface area (Å²) < 4.78 is 7.91. The van der Waals surface area contributed by atoms with E-state index in [-0.39, 0.29) is 5.60 Å². The smallest absolute Gasteiger partial charge is 0.191 e. The molecule has 0 fully saturated rings. The van der Waals surface area contributed by atoms with Gasteiger partial charge in [0.05, 0.1) is 5.60 Å². The van der Waals surface area contributed by atoms with Crippen LogP contribution < -0.4 is 0 Å². The first-order chi connectivity index (χ1) is 9.72. The minimum atomic E-state index is -1.71. The van der Waals surface area contributed by atoms with Gasteiger partial charge in [-0.15, -0.1) is 6.58 Å². The monoisotopic (exact) mass is 364 g/mol. The first-order valence-corrected chi connectivity index (χ1v) is 11.4. The van der Waals surface area contributed by atoms with Crippen LogP contribution in [-0.4, -0.2) is 8.32 Å². The molecule has 1 aromatic rings. The summed E-state index contributed by atoms with van der Waals surface area (Å²) in [6.45, 7) is 13.1. The molecule has 1 nitrogen and oxygen atoms in total. The normalized spacial score (nSPS) is 25.1. The van der Waals surface area contributed by atoms with E-state index >= 15 is 0 Å². The summed E-state index contributed by atoms with van der Waals surface area (Å²) >= 11 is 3.53. The van der Waals surface area contributed by atoms with E-state index in [0.29, 0.717) is 0 Å². The number of hydrogen-bond acceptors (Lipinski definition) is 1. The second-order valence-electron chi connectivity index (χ2n) is 6.93. The third-order valence-electron chi connectivity index (χ3n) is 3.94. The van der Waals surface area contributed by atoms with Gasteiger partial charge < -0.3 is 4.43 Å². The highest BCUT2D eigenvalue weighted by Crippen LogP contribution is 2.43. The Morgan fingerprint density at radius 1 is 1.33 bits per heavy atom. The Morgan fingerprint density at radius 2 is 1.95 bits per heavy atom. The number of benzene rings is 1. The molecular weight excluding hydrogens is 340 g/mol. The molecule has 1 heterocycles. The van der Waals surface area contributed by atoms with Gasteiger partial charge in [0.1, 0.15) is 0 Å². The Balaban J connectivity index is 2.52. The van der Waals surface area contributed by atoms with E-state index in [1.54, 1.807) is 0 Å². The van der Waals surface area contributed by atoms with Crippen LogP contribution in [0.2, 0.25) is 19.1 Å². The number of allylic oxidation sites excluding steroid dienone is 1. The van der Waals surface area contributed by atoms with Crippen molar-refractivity contribution in [2.24, 2.45) is 0 Å². The van der Waals surface area contributed by atoms with Crippen LogP contribution >= 0.6 is 15.9 Å². The van der Waals surface area contributed by atoms with Crippen LogP contribution in [0.15, 0.2) is 52.5 Å². The van der Waals surface area contributed by atoms with E-state index < -0.39 is 8.32 Å². The molecule has 1 aliphatic rings. The molecule has 1 aromatic carbocycles. The van der Waals surface area contributed by atoms with Gasteiger partial charge in [0.25, 0.3) is 0 Å². The van der Waals surface area contributed by atoms with Gasteiger partial charge in [-0.25, -0.2) is 0 Å². The molecule has 0 radical (unpaired) electrons. The molecule has 3 heteroatoms. The van der Waals surface area contributed by atoms with Crippen molar-refractivity contribution in [1.82, 2.24) is 0 Å². The number of halogens is 1. The Kier molecular flexibility index (Phi) is 4.96. The SMILES string of the molecule is C=C(C)CC1(c2ccc(Br)cc2)CC(C)=CC[Si](C)(C)O1. The maximum Gasteiger partial charge on any atom is 0.191 e. The van der Waals surface area contributed by atoms with Gasteiger partial charge in [0.15, 0.2) is 8.32 Å². The third kappa shape index (κ3) is 4.18. The van der Waals surface area contributed by atoms with E-state index in [2.05, 4.69) is 79.8 Å². The predicted molar refractivity (Wildman–Crippen MR) is 97.0 cm³/mol. The molecule has 0 bridgehead atoms. The second kappa shape index (κ2) is 6.23. The van der Waals surface area contributed by atoms with Crippen LogP contribution in [0, 0.1) is 0 Å². The van der Waals surface area contributed by atoms with Crippen molar-refractivity contribution in [3.05, 3.63) is 58.1 Å². The fourth-order valence-corrected chi connectivity index (χ4v) is 5.66. The summed E-state index contributed by atoms with van der Waals surface area (Å²) in [7, 11) is -1.71. The van der Waals surface area contributed by atoms with Crippen molar-refractivity contribution in [2.75, 3.05) is 0 Å². The zero-order chi connectivity index (χ0) is 15.7. The van der Waals surface area contributed by atoms with Gasteiger partial charge in [-0.1, -0.05) is 45.3 Å². The zero-order valence-corrected chi connectivity index (χ0v) is 16.1. The third-order valence-corrected chi connectivity index (χ3v) is 6.60. The van der Waals surface area contributed by atoms with E-state index in [1.807, 2.05) is 0 Å². The molecule has 0 aliphatic carbocycles. The largest absolute Gasteiger partial charge is 0.407 e. The van der Waals surface area contributed by atoms with Crippen LogP contribution in [0.25, 0.3) is 0 Å². The standard InChI is InChI=1S/C18H25BrOSi/c1-14(2)12-18(16-6-8-17(19)9-7-16)13-15(3)10-11-21(4,5)20-18/h6-10H,1,11-13H2,2-5H3. The van der Waals surface area contributed by atoms with Gasteiger partial charge in [0, 0.05) is 17.3 Å². The molecule has 1 unspecified atom stereocenters. The first kappa shape index (κ1) is 16.7. The lowest BCUT2D eigenvalue weighted by Gasteiger charge is -2.40. The van der Waals surface area contributed by atoms with Crippen LogP contribution in [0.4, 0.5) is 0 Å². The van der Waals surface area contributed by atoms with E-state index in [1.165, 1.54) is 16.7 Å². The molecular formula is C18H25BrOSi. The molecule has 21 heavy (non-hydrogen) atoms. The summed E-state index contributed by atoms with van der Waals surface area (Å²) in [4.78, 5) is 0. The fraction of sp³-hybridized carbons (Fsp3) is 0.444. The van der Waals surface area contributed by atoms with Crippen LogP contribution in [-0.2, 0) is 10.0 Å². The van der Waals surface area contributed by atoms with Crippen molar-refractivity contribution in [3.8, 4) is 0 Å². The highest BCUT2D eigenvalue weighted by Gasteiger charge is 2.41. The summed E-state index contributed by atoms with van der Waals surface area (Å²) in [5, 5.41) is 0. The zero-order valence-electron chi connectivity index (χ0n) is 13.5. The molecule has 2 rings (SSSR count). The molecule has 0 aromatic heterocycles. The summed E-state index contributed by atoms with van der Waals surface area (Å²) in [5.74, 6) is 0. The molecule has 0 N–H and O–H groups in total. The number of hydrogen-bond donors (Lipinski definition) is 0. The first-order valence-electron chi connectivity index (χ1n) is 7.49. The van der Waals surface area contributed by atoms with Crippen molar-refractivity contribution in [2.45, 2.75) is 51.4 Å². The van der Waals surface area contributed by atoms with Gasteiger partial charge in [-0.2, -0.15) is 0 Å². The molecule has 0 saturated heterocycles. The Bertz CT molecular complexity index is 559. The average Bonchev–Trinajstić information content (AvgIpc) is 2.46. The minimum Gasteiger partial charge on any atom is -0.407 e. The average molecular weight is 365 g/mol. The minimum absolute atomic E-state index is 0.251. The highest BCUT2D eigenvalue weighted by molar-refractivity contribution is 9.10. The molecule has 1 aliphatic heterocycles. The van der Waals surface area contributed by atoms with Gasteiger partial charge >= 0.3 is 0 Å². The second-order valence-corrected chi connectivity index (χ2v) is 12.0. The summed E-state index contributed by atoms with van der Waals surface area (Å²) in [6, 6.07) is 9.69. The maximum absolute atomic E-state index is 6.80. The fourth-order valence-electron chi connectivity index (χ4n) is 3.15. The van der Waals surface area contributed by atoms with Gasteiger partial charge in [-0.3, -0.25) is 0 Å². The predicted octanol–water partition coefficient (Wildman–Crippen LogP) is 6.18. The van der Waals surface area contributed by atoms with Gasteiger partial charge in [-0.05, 0) is 50.7 Å². The Hall–Kier alpha value is -0.643. The van der Waals surface area contributed by atoms with Crippen molar-refractivity contribution < 1.29 is 4.43 Å². The topological polar surface area (TPSA) is 9.23 Å². The molecule has 1 atom stereocenters. The highest BCUT2D eigenvalue weighted by atomic mass is 79.9. The van der Waals surface area contributed by atoms with Crippen LogP contribution in [0.5, 0.6) is 0 Å². The maximum atomic E-state index is 6.80. The number of rotatable bonds is 3. The van der Waals surface area contributed by atoms with Crippen molar-refractivity contribution >= 4 is 24.2 Å². The van der Waals surface area contributed by atoms with E-state index in [0.717, 1.165) is 23.4 Å². The Morgan fingerprint density at radius 3 is 2.52 bits per heavy atom. The van der Waals surface area contributed by atoms with Crippen molar-refractivity contribution in [1.29, 1.82) is 0 Å². The van der Waals surface area contributed by atoms with Gasteiger partial charge in [0.2, 0.25) is 0 Å². The molecule has 0 saturated carbocycles. The lowest BCUT2D eigenvalue weighted by Crippen LogP contribution is -2.41. The Labute approximate surface area is 138 Å².